The fraction of sp³-hybridized carbons (Fsp3) is 0.125. The first-order valence-electron chi connectivity index (χ1n) is 3.59. The van der Waals surface area contributed by atoms with Crippen LogP contribution in [-0.2, 0) is 0 Å². The predicted octanol–water partition coefficient (Wildman–Crippen LogP) is 0.627. The predicted molar refractivity (Wildman–Crippen MR) is 44.9 cm³/mol. The lowest BCUT2D eigenvalue weighted by atomic mass is 10.3. The van der Waals surface area contributed by atoms with E-state index in [-0.39, 0.29) is 5.43 Å². The minimum Gasteiger partial charge on any atom is -0.287 e. The summed E-state index contributed by atoms with van der Waals surface area (Å²) in [5, 5.41) is 7.09. The molecule has 4 heteroatoms. The van der Waals surface area contributed by atoms with Gasteiger partial charge < -0.3 is 0 Å². The summed E-state index contributed by atoms with van der Waals surface area (Å²) in [6, 6.07) is 3.47. The highest BCUT2D eigenvalue weighted by atomic mass is 16.1. The molecule has 0 radical (unpaired) electrons. The molecule has 0 bridgehead atoms. The van der Waals surface area contributed by atoms with Crippen LogP contribution in [0.3, 0.4) is 0 Å². The third-order valence-corrected chi connectivity index (χ3v) is 1.71. The van der Waals surface area contributed by atoms with Gasteiger partial charge in [0.05, 0.1) is 5.39 Å². The monoisotopic (exact) mass is 161 g/mol. The first-order valence-corrected chi connectivity index (χ1v) is 3.59. The van der Waals surface area contributed by atoms with Crippen molar-refractivity contribution in [1.29, 1.82) is 0 Å². The Morgan fingerprint density at radius 1 is 1.50 bits per heavy atom. The van der Waals surface area contributed by atoms with Gasteiger partial charge in [0.1, 0.15) is 5.69 Å². The Balaban J connectivity index is 3.01. The van der Waals surface area contributed by atoms with Crippen molar-refractivity contribution >= 4 is 11.0 Å². The molecule has 2 rings (SSSR count). The second-order valence-electron chi connectivity index (χ2n) is 2.54. The maximum Gasteiger partial charge on any atom is 0.212 e. The molecule has 0 aliphatic heterocycles. The van der Waals surface area contributed by atoms with Crippen molar-refractivity contribution in [3.05, 3.63) is 34.2 Å². The van der Waals surface area contributed by atoms with Crippen molar-refractivity contribution in [1.82, 2.24) is 15.2 Å². The van der Waals surface area contributed by atoms with Gasteiger partial charge in [-0.1, -0.05) is 0 Å². The van der Waals surface area contributed by atoms with E-state index in [1.54, 1.807) is 25.3 Å². The topological polar surface area (TPSA) is 58.6 Å². The molecule has 60 valence electrons. The maximum absolute atomic E-state index is 11.4. The number of rotatable bonds is 0. The van der Waals surface area contributed by atoms with E-state index in [2.05, 4.69) is 15.2 Å². The Hall–Kier alpha value is -1.71. The van der Waals surface area contributed by atoms with Crippen molar-refractivity contribution in [2.75, 3.05) is 0 Å². The highest BCUT2D eigenvalue weighted by molar-refractivity contribution is 5.73. The summed E-state index contributed by atoms with van der Waals surface area (Å²) in [5.41, 5.74) is 0.945. The number of pyridine rings is 1. The van der Waals surface area contributed by atoms with E-state index in [0.29, 0.717) is 16.7 Å². The number of nitrogens with one attached hydrogen (secondary N) is 1. The summed E-state index contributed by atoms with van der Waals surface area (Å²) in [5.74, 6) is 0. The number of H-pyrrole nitrogens is 1. The summed E-state index contributed by atoms with van der Waals surface area (Å²) >= 11 is 0. The van der Waals surface area contributed by atoms with Gasteiger partial charge in [-0.2, -0.15) is 5.10 Å². The van der Waals surface area contributed by atoms with Gasteiger partial charge in [0, 0.05) is 6.20 Å². The molecule has 0 saturated carbocycles. The minimum absolute atomic E-state index is 0.0585. The Kier molecular flexibility index (Phi) is 1.40. The lowest BCUT2D eigenvalue weighted by Crippen LogP contribution is -2.09. The molecule has 0 unspecified atom stereocenters. The molecule has 4 nitrogen and oxygen atoms in total. The largest absolute Gasteiger partial charge is 0.287 e. The zero-order valence-electron chi connectivity index (χ0n) is 6.53. The van der Waals surface area contributed by atoms with Crippen molar-refractivity contribution in [2.24, 2.45) is 0 Å². The van der Waals surface area contributed by atoms with Gasteiger partial charge in [-0.05, 0) is 19.1 Å². The zero-order valence-corrected chi connectivity index (χ0v) is 6.53. The molecule has 0 aliphatic rings. The number of aromatic nitrogens is 3. The number of aryl methyl sites for hydroxylation is 1. The fourth-order valence-corrected chi connectivity index (χ4v) is 1.06. The standard InChI is InChI=1S/C8H7N3O/c1-5-7(12)6-3-2-4-9-8(6)11-10-5/h2-4H,1H3,(H,9,11,12). The van der Waals surface area contributed by atoms with Crippen LogP contribution in [0.25, 0.3) is 11.0 Å². The lowest BCUT2D eigenvalue weighted by molar-refractivity contribution is 0.987. The van der Waals surface area contributed by atoms with Crippen molar-refractivity contribution in [3.8, 4) is 0 Å². The van der Waals surface area contributed by atoms with Crippen molar-refractivity contribution in [2.45, 2.75) is 6.92 Å². The molecule has 2 aromatic heterocycles. The van der Waals surface area contributed by atoms with Gasteiger partial charge in [-0.15, -0.1) is 0 Å². The van der Waals surface area contributed by atoms with Crippen LogP contribution in [0.4, 0.5) is 0 Å². The summed E-state index contributed by atoms with van der Waals surface area (Å²) in [4.78, 5) is 15.4. The van der Waals surface area contributed by atoms with E-state index in [4.69, 9.17) is 0 Å². The Bertz CT molecular complexity index is 475. The molecule has 0 fully saturated rings. The number of hydrogen-bond donors (Lipinski definition) is 1. The molecular weight excluding hydrogens is 154 g/mol. The Labute approximate surface area is 68.3 Å². The second-order valence-corrected chi connectivity index (χ2v) is 2.54. The molecule has 0 aromatic carbocycles. The molecule has 2 heterocycles. The van der Waals surface area contributed by atoms with Crippen molar-refractivity contribution < 1.29 is 0 Å². The van der Waals surface area contributed by atoms with E-state index < -0.39 is 0 Å². The second kappa shape index (κ2) is 2.41. The molecule has 0 amide bonds. The molecule has 0 atom stereocenters. The fourth-order valence-electron chi connectivity index (χ4n) is 1.06. The minimum atomic E-state index is -0.0585. The number of hydrogen-bond acceptors (Lipinski definition) is 3. The van der Waals surface area contributed by atoms with Crippen LogP contribution in [0, 0.1) is 6.92 Å². The quantitative estimate of drug-likeness (QED) is 0.616. The molecule has 1 N–H and O–H groups in total. The number of fused-ring (bicyclic) bond motifs is 1. The highest BCUT2D eigenvalue weighted by Gasteiger charge is 2.00. The molecule has 0 spiro atoms. The molecule has 2 aromatic rings. The van der Waals surface area contributed by atoms with Crippen molar-refractivity contribution in [3.63, 3.8) is 0 Å². The zero-order chi connectivity index (χ0) is 8.55. The van der Waals surface area contributed by atoms with Gasteiger partial charge in [0.15, 0.2) is 5.65 Å². The Morgan fingerprint density at radius 2 is 2.33 bits per heavy atom. The van der Waals surface area contributed by atoms with E-state index >= 15 is 0 Å². The van der Waals surface area contributed by atoms with Crippen LogP contribution in [0.5, 0.6) is 0 Å². The van der Waals surface area contributed by atoms with Gasteiger partial charge >= 0.3 is 0 Å². The van der Waals surface area contributed by atoms with Crippen LogP contribution in [0.2, 0.25) is 0 Å². The van der Waals surface area contributed by atoms with Gasteiger partial charge in [0.2, 0.25) is 5.43 Å². The summed E-state index contributed by atoms with van der Waals surface area (Å²) < 4.78 is 0. The molecule has 0 aliphatic carbocycles. The maximum atomic E-state index is 11.4. The average Bonchev–Trinajstić information content (AvgIpc) is 2.12. The first kappa shape index (κ1) is 6.97. The SMILES string of the molecule is Cc1n[nH]c2ncccc2c1=O. The lowest BCUT2D eigenvalue weighted by Gasteiger charge is -1.94. The van der Waals surface area contributed by atoms with Crippen LogP contribution in [-0.4, -0.2) is 15.2 Å². The summed E-state index contributed by atoms with van der Waals surface area (Å²) in [6.07, 6.45) is 1.62. The van der Waals surface area contributed by atoms with Crippen LogP contribution < -0.4 is 5.43 Å². The average molecular weight is 161 g/mol. The molecule has 0 saturated heterocycles. The summed E-state index contributed by atoms with van der Waals surface area (Å²) in [7, 11) is 0. The van der Waals surface area contributed by atoms with Crippen LogP contribution in [0.15, 0.2) is 23.1 Å². The third kappa shape index (κ3) is 0.887. The first-order chi connectivity index (χ1) is 5.79. The van der Waals surface area contributed by atoms with E-state index in [0.717, 1.165) is 0 Å². The third-order valence-electron chi connectivity index (χ3n) is 1.71. The highest BCUT2D eigenvalue weighted by Crippen LogP contribution is 2.00. The van der Waals surface area contributed by atoms with Gasteiger partial charge in [-0.25, -0.2) is 4.98 Å². The molecule has 12 heavy (non-hydrogen) atoms. The smallest absolute Gasteiger partial charge is 0.212 e. The van der Waals surface area contributed by atoms with E-state index in [1.807, 2.05) is 0 Å². The van der Waals surface area contributed by atoms with Gasteiger partial charge in [-0.3, -0.25) is 9.89 Å². The van der Waals surface area contributed by atoms with Crippen LogP contribution >= 0.6 is 0 Å². The Morgan fingerprint density at radius 3 is 3.17 bits per heavy atom. The normalized spacial score (nSPS) is 10.4. The van der Waals surface area contributed by atoms with Gasteiger partial charge in [0.25, 0.3) is 0 Å². The van der Waals surface area contributed by atoms with E-state index in [1.165, 1.54) is 0 Å². The molecular formula is C8H7N3O. The van der Waals surface area contributed by atoms with E-state index in [9.17, 15) is 4.79 Å². The number of nitrogens with zero attached hydrogens (tertiary/aromatic N) is 2. The summed E-state index contributed by atoms with van der Waals surface area (Å²) in [6.45, 7) is 1.67. The number of aromatic amines is 1. The van der Waals surface area contributed by atoms with Crippen LogP contribution in [0.1, 0.15) is 5.69 Å².